The van der Waals surface area contributed by atoms with E-state index in [4.69, 9.17) is 4.74 Å². The van der Waals surface area contributed by atoms with E-state index < -0.39 is 10.0 Å². The summed E-state index contributed by atoms with van der Waals surface area (Å²) in [6.07, 6.45) is 1.87. The molecule has 0 aromatic heterocycles. The smallest absolute Gasteiger partial charge is 0.264 e. The van der Waals surface area contributed by atoms with Gasteiger partial charge in [0.15, 0.2) is 0 Å². The van der Waals surface area contributed by atoms with Gasteiger partial charge in [0.2, 0.25) is 5.91 Å². The second-order valence-corrected chi connectivity index (χ2v) is 8.94. The van der Waals surface area contributed by atoms with Crippen LogP contribution in [0.5, 0.6) is 11.5 Å². The first-order chi connectivity index (χ1) is 14.5. The molecule has 4 rings (SSSR count). The summed E-state index contributed by atoms with van der Waals surface area (Å²) in [5.41, 5.74) is 0.394. The third kappa shape index (κ3) is 4.80. The van der Waals surface area contributed by atoms with E-state index >= 15 is 0 Å². The van der Waals surface area contributed by atoms with E-state index in [9.17, 15) is 13.2 Å². The Morgan fingerprint density at radius 1 is 0.867 bits per heavy atom. The van der Waals surface area contributed by atoms with Gasteiger partial charge in [-0.05, 0) is 61.4 Å². The molecule has 1 aliphatic carbocycles. The molecule has 0 bridgehead atoms. The van der Waals surface area contributed by atoms with E-state index in [1.165, 1.54) is 12.1 Å². The zero-order valence-electron chi connectivity index (χ0n) is 16.3. The van der Waals surface area contributed by atoms with Gasteiger partial charge >= 0.3 is 0 Å². The highest BCUT2D eigenvalue weighted by atomic mass is 32.2. The summed E-state index contributed by atoms with van der Waals surface area (Å²) in [6, 6.07) is 24.2. The molecule has 0 aliphatic heterocycles. The molecule has 1 fully saturated rings. The molecule has 7 heteroatoms. The van der Waals surface area contributed by atoms with Gasteiger partial charge in [-0.25, -0.2) is 8.42 Å². The minimum atomic E-state index is -3.90. The van der Waals surface area contributed by atoms with Crippen LogP contribution in [0.4, 0.5) is 5.69 Å². The van der Waals surface area contributed by atoms with Gasteiger partial charge in [-0.3, -0.25) is 9.10 Å². The number of hydrogen-bond acceptors (Lipinski definition) is 4. The Balaban J connectivity index is 1.60. The van der Waals surface area contributed by atoms with Gasteiger partial charge in [-0.1, -0.05) is 36.4 Å². The number of anilines is 1. The molecule has 0 atom stereocenters. The van der Waals surface area contributed by atoms with Crippen LogP contribution in [-0.4, -0.2) is 26.9 Å². The molecule has 3 aromatic carbocycles. The number of hydrogen-bond donors (Lipinski definition) is 1. The largest absolute Gasteiger partial charge is 0.457 e. The van der Waals surface area contributed by atoms with Crippen molar-refractivity contribution in [3.05, 3.63) is 84.9 Å². The number of nitrogens with zero attached hydrogens (tertiary/aromatic N) is 1. The molecule has 0 spiro atoms. The Morgan fingerprint density at radius 3 is 2.03 bits per heavy atom. The minimum absolute atomic E-state index is 0.133. The van der Waals surface area contributed by atoms with Gasteiger partial charge in [0.25, 0.3) is 10.0 Å². The second kappa shape index (κ2) is 8.59. The standard InChI is InChI=1S/C23H22N2O4S/c26-23(24-18-11-12-18)17-25(30(27,28)22-9-5-2-6-10-22)19-13-15-21(16-14-19)29-20-7-3-1-4-8-20/h1-10,13-16,18H,11-12,17H2,(H,24,26). The molecule has 0 heterocycles. The summed E-state index contributed by atoms with van der Waals surface area (Å²) in [5.74, 6) is 0.939. The molecule has 0 radical (unpaired) electrons. The van der Waals surface area contributed by atoms with Crippen molar-refractivity contribution in [2.45, 2.75) is 23.8 Å². The summed E-state index contributed by atoms with van der Waals surface area (Å²) in [7, 11) is -3.90. The highest BCUT2D eigenvalue weighted by molar-refractivity contribution is 7.92. The number of nitrogens with one attached hydrogen (secondary N) is 1. The first-order valence-corrected chi connectivity index (χ1v) is 11.2. The van der Waals surface area contributed by atoms with Crippen LogP contribution in [0.1, 0.15) is 12.8 Å². The monoisotopic (exact) mass is 422 g/mol. The molecule has 1 N–H and O–H groups in total. The molecular weight excluding hydrogens is 400 g/mol. The molecule has 0 unspecified atom stereocenters. The number of carbonyl (C=O) groups is 1. The predicted octanol–water partition coefficient (Wildman–Crippen LogP) is 3.95. The first-order valence-electron chi connectivity index (χ1n) is 9.72. The van der Waals surface area contributed by atoms with Gasteiger partial charge in [0.05, 0.1) is 10.6 Å². The lowest BCUT2D eigenvalue weighted by molar-refractivity contribution is -0.119. The van der Waals surface area contributed by atoms with Crippen LogP contribution in [-0.2, 0) is 14.8 Å². The molecule has 1 saturated carbocycles. The molecule has 30 heavy (non-hydrogen) atoms. The lowest BCUT2D eigenvalue weighted by atomic mass is 10.3. The maximum atomic E-state index is 13.3. The average Bonchev–Trinajstić information content (AvgIpc) is 3.58. The quantitative estimate of drug-likeness (QED) is 0.596. The summed E-state index contributed by atoms with van der Waals surface area (Å²) < 4.78 is 33.4. The van der Waals surface area contributed by atoms with Crippen molar-refractivity contribution < 1.29 is 17.9 Å². The Morgan fingerprint density at radius 2 is 1.43 bits per heavy atom. The normalized spacial score (nSPS) is 13.5. The SMILES string of the molecule is O=C(CN(c1ccc(Oc2ccccc2)cc1)S(=O)(=O)c1ccccc1)NC1CC1. The number of carbonyl (C=O) groups excluding carboxylic acids is 1. The van der Waals surface area contributed by atoms with Crippen LogP contribution < -0.4 is 14.4 Å². The van der Waals surface area contributed by atoms with E-state index in [2.05, 4.69) is 5.32 Å². The van der Waals surface area contributed by atoms with Crippen molar-refractivity contribution in [1.29, 1.82) is 0 Å². The van der Waals surface area contributed by atoms with Crippen LogP contribution in [0.25, 0.3) is 0 Å². The molecule has 6 nitrogen and oxygen atoms in total. The summed E-state index contributed by atoms with van der Waals surface area (Å²) >= 11 is 0. The van der Waals surface area contributed by atoms with Crippen LogP contribution in [0, 0.1) is 0 Å². The van der Waals surface area contributed by atoms with Crippen molar-refractivity contribution >= 4 is 21.6 Å². The summed E-state index contributed by atoms with van der Waals surface area (Å²) in [6.45, 7) is -0.285. The minimum Gasteiger partial charge on any atom is -0.457 e. The van der Waals surface area contributed by atoms with Crippen molar-refractivity contribution in [2.75, 3.05) is 10.8 Å². The molecular formula is C23H22N2O4S. The van der Waals surface area contributed by atoms with Crippen LogP contribution >= 0.6 is 0 Å². The maximum Gasteiger partial charge on any atom is 0.264 e. The molecule has 1 amide bonds. The Bertz CT molecular complexity index is 1100. The van der Waals surface area contributed by atoms with E-state index in [0.29, 0.717) is 17.2 Å². The zero-order valence-corrected chi connectivity index (χ0v) is 17.1. The van der Waals surface area contributed by atoms with E-state index in [1.807, 2.05) is 30.3 Å². The fourth-order valence-corrected chi connectivity index (χ4v) is 4.41. The van der Waals surface area contributed by atoms with Crippen LogP contribution in [0.2, 0.25) is 0 Å². The average molecular weight is 423 g/mol. The van der Waals surface area contributed by atoms with E-state index in [0.717, 1.165) is 17.1 Å². The third-order valence-corrected chi connectivity index (χ3v) is 6.45. The van der Waals surface area contributed by atoms with Gasteiger partial charge < -0.3 is 10.1 Å². The summed E-state index contributed by atoms with van der Waals surface area (Å²) in [5, 5.41) is 2.85. The first kappa shape index (κ1) is 20.0. The van der Waals surface area contributed by atoms with E-state index in [-0.39, 0.29) is 23.4 Å². The van der Waals surface area contributed by atoms with Gasteiger partial charge in [0, 0.05) is 6.04 Å². The topological polar surface area (TPSA) is 75.7 Å². The lowest BCUT2D eigenvalue weighted by Crippen LogP contribution is -2.41. The van der Waals surface area contributed by atoms with Crippen molar-refractivity contribution in [3.63, 3.8) is 0 Å². The number of amides is 1. The Kier molecular flexibility index (Phi) is 5.72. The number of benzene rings is 3. The van der Waals surface area contributed by atoms with Gasteiger partial charge in [-0.2, -0.15) is 0 Å². The number of rotatable bonds is 8. The highest BCUT2D eigenvalue weighted by Gasteiger charge is 2.29. The van der Waals surface area contributed by atoms with Crippen LogP contribution in [0.3, 0.4) is 0 Å². The molecule has 0 saturated heterocycles. The predicted molar refractivity (Wildman–Crippen MR) is 115 cm³/mol. The van der Waals surface area contributed by atoms with E-state index in [1.54, 1.807) is 42.5 Å². The molecule has 3 aromatic rings. The molecule has 1 aliphatic rings. The van der Waals surface area contributed by atoms with Crippen LogP contribution in [0.15, 0.2) is 89.8 Å². The van der Waals surface area contributed by atoms with Gasteiger partial charge in [0.1, 0.15) is 18.0 Å². The Hall–Kier alpha value is -3.32. The number of ether oxygens (including phenoxy) is 1. The Labute approximate surface area is 176 Å². The fraction of sp³-hybridized carbons (Fsp3) is 0.174. The van der Waals surface area contributed by atoms with Gasteiger partial charge in [-0.15, -0.1) is 0 Å². The number of sulfonamides is 1. The fourth-order valence-electron chi connectivity index (χ4n) is 2.97. The number of para-hydroxylation sites is 1. The zero-order chi connectivity index (χ0) is 21.0. The molecule has 154 valence electrons. The second-order valence-electron chi connectivity index (χ2n) is 7.08. The van der Waals surface area contributed by atoms with Crippen molar-refractivity contribution in [2.24, 2.45) is 0 Å². The summed E-state index contributed by atoms with van der Waals surface area (Å²) in [4.78, 5) is 12.6. The highest BCUT2D eigenvalue weighted by Crippen LogP contribution is 2.28. The maximum absolute atomic E-state index is 13.3. The van der Waals surface area contributed by atoms with Crippen molar-refractivity contribution in [1.82, 2.24) is 5.32 Å². The third-order valence-electron chi connectivity index (χ3n) is 4.66. The van der Waals surface area contributed by atoms with Crippen molar-refractivity contribution in [3.8, 4) is 11.5 Å². The lowest BCUT2D eigenvalue weighted by Gasteiger charge is -2.24.